The first-order valence-electron chi connectivity index (χ1n) is 5.62. The van der Waals surface area contributed by atoms with Crippen LogP contribution in [0.3, 0.4) is 0 Å². The third kappa shape index (κ3) is 3.08. The Hall–Kier alpha value is -1.87. The van der Waals surface area contributed by atoms with Gasteiger partial charge >= 0.3 is 0 Å². The lowest BCUT2D eigenvalue weighted by Crippen LogP contribution is -2.19. The van der Waals surface area contributed by atoms with Gasteiger partial charge in [0.1, 0.15) is 0 Å². The van der Waals surface area contributed by atoms with Gasteiger partial charge in [0.05, 0.1) is 10.5 Å². The van der Waals surface area contributed by atoms with Gasteiger partial charge in [-0.15, -0.1) is 0 Å². The molecule has 0 atom stereocenters. The van der Waals surface area contributed by atoms with E-state index in [0.717, 1.165) is 16.5 Å². The van der Waals surface area contributed by atoms with E-state index in [0.29, 0.717) is 11.6 Å². The number of fused-ring (bicyclic) bond motifs is 1. The van der Waals surface area contributed by atoms with Gasteiger partial charge in [0.25, 0.3) is 0 Å². The minimum atomic E-state index is -0.0355. The summed E-state index contributed by atoms with van der Waals surface area (Å²) in [6.07, 6.45) is 5.53. The van der Waals surface area contributed by atoms with Gasteiger partial charge in [-0.25, -0.2) is 0 Å². The normalized spacial score (nSPS) is 11.0. The zero-order valence-electron chi connectivity index (χ0n) is 9.98. The fourth-order valence-electron chi connectivity index (χ4n) is 1.63. The number of nitrogens with zero attached hydrogens (tertiary/aromatic N) is 1. The molecule has 18 heavy (non-hydrogen) atoms. The lowest BCUT2D eigenvalue weighted by atomic mass is 10.1. The molecule has 0 bridgehead atoms. The Kier molecular flexibility index (Phi) is 3.95. The molecular weight excluding hydrogens is 248 g/mol. The zero-order valence-corrected chi connectivity index (χ0v) is 10.7. The number of benzene rings is 1. The zero-order chi connectivity index (χ0) is 13.0. The van der Waals surface area contributed by atoms with Gasteiger partial charge in [0, 0.05) is 25.1 Å². The second kappa shape index (κ2) is 5.65. The van der Waals surface area contributed by atoms with Crippen molar-refractivity contribution in [3.8, 4) is 0 Å². The Morgan fingerprint density at radius 3 is 3.06 bits per heavy atom. The van der Waals surface area contributed by atoms with Crippen molar-refractivity contribution in [1.29, 1.82) is 0 Å². The molecule has 1 aromatic carbocycles. The van der Waals surface area contributed by atoms with Gasteiger partial charge in [-0.2, -0.15) is 0 Å². The summed E-state index contributed by atoms with van der Waals surface area (Å²) in [6.45, 7) is 2.02. The number of carbonyl (C=O) groups is 1. The average Bonchev–Trinajstić information content (AvgIpc) is 2.35. The van der Waals surface area contributed by atoms with Crippen molar-refractivity contribution in [2.75, 3.05) is 6.54 Å². The molecule has 0 fully saturated rings. The molecule has 0 radical (unpaired) electrons. The topological polar surface area (TPSA) is 42.0 Å². The van der Waals surface area contributed by atoms with Gasteiger partial charge < -0.3 is 5.32 Å². The highest BCUT2D eigenvalue weighted by Crippen LogP contribution is 2.22. The Balaban J connectivity index is 2.18. The van der Waals surface area contributed by atoms with Crippen LogP contribution in [0.15, 0.2) is 36.5 Å². The summed E-state index contributed by atoms with van der Waals surface area (Å²) < 4.78 is 0. The maximum atomic E-state index is 10.7. The first-order chi connectivity index (χ1) is 8.66. The van der Waals surface area contributed by atoms with E-state index in [1.54, 1.807) is 12.3 Å². The van der Waals surface area contributed by atoms with Gasteiger partial charge in [-0.3, -0.25) is 9.78 Å². The molecule has 2 rings (SSSR count). The van der Waals surface area contributed by atoms with Crippen LogP contribution in [-0.2, 0) is 4.79 Å². The van der Waals surface area contributed by atoms with Crippen molar-refractivity contribution in [1.82, 2.24) is 10.3 Å². The van der Waals surface area contributed by atoms with Gasteiger partial charge in [-0.1, -0.05) is 35.9 Å². The van der Waals surface area contributed by atoms with Crippen LogP contribution in [0.25, 0.3) is 17.0 Å². The molecule has 0 aliphatic rings. The highest BCUT2D eigenvalue weighted by molar-refractivity contribution is 6.35. The number of halogens is 1. The molecule has 4 heteroatoms. The van der Waals surface area contributed by atoms with Crippen molar-refractivity contribution < 1.29 is 4.79 Å². The lowest BCUT2D eigenvalue weighted by Gasteiger charge is -2.01. The molecular formula is C14H13ClN2O. The number of nitrogens with one attached hydrogen (secondary N) is 1. The van der Waals surface area contributed by atoms with Crippen molar-refractivity contribution in [2.45, 2.75) is 6.92 Å². The van der Waals surface area contributed by atoms with Crippen molar-refractivity contribution in [3.05, 3.63) is 47.1 Å². The summed E-state index contributed by atoms with van der Waals surface area (Å²) in [5, 5.41) is 4.34. The molecule has 1 amide bonds. The van der Waals surface area contributed by atoms with Crippen LogP contribution >= 0.6 is 11.6 Å². The van der Waals surface area contributed by atoms with Crippen LogP contribution < -0.4 is 5.32 Å². The fourth-order valence-corrected chi connectivity index (χ4v) is 1.85. The standard InChI is InChI=1S/C14H13ClN2O/c1-10(18)16-7-2-3-11-4-5-12-13(15)6-8-17-14(12)9-11/h2-6,8-9H,7H2,1H3,(H,16,18). The Morgan fingerprint density at radius 2 is 2.28 bits per heavy atom. The summed E-state index contributed by atoms with van der Waals surface area (Å²) in [7, 11) is 0. The molecule has 2 aromatic rings. The lowest BCUT2D eigenvalue weighted by molar-refractivity contribution is -0.118. The van der Waals surface area contributed by atoms with Crippen LogP contribution in [0.1, 0.15) is 12.5 Å². The fraction of sp³-hybridized carbons (Fsp3) is 0.143. The number of hydrogen-bond donors (Lipinski definition) is 1. The molecule has 0 saturated heterocycles. The smallest absolute Gasteiger partial charge is 0.217 e. The highest BCUT2D eigenvalue weighted by Gasteiger charge is 1.99. The molecule has 0 spiro atoms. The number of aromatic nitrogens is 1. The quantitative estimate of drug-likeness (QED) is 0.922. The molecule has 1 N–H and O–H groups in total. The molecule has 0 aliphatic heterocycles. The van der Waals surface area contributed by atoms with E-state index < -0.39 is 0 Å². The molecule has 0 aliphatic carbocycles. The average molecular weight is 261 g/mol. The third-order valence-corrected chi connectivity index (χ3v) is 2.82. The molecule has 1 heterocycles. The number of rotatable bonds is 3. The van der Waals surface area contributed by atoms with E-state index in [1.807, 2.05) is 30.4 Å². The van der Waals surface area contributed by atoms with Crippen LogP contribution in [0, 0.1) is 0 Å². The van der Waals surface area contributed by atoms with Crippen LogP contribution in [0.2, 0.25) is 5.02 Å². The maximum Gasteiger partial charge on any atom is 0.217 e. The number of amides is 1. The summed E-state index contributed by atoms with van der Waals surface area (Å²) in [5.41, 5.74) is 1.90. The Labute approximate surface area is 110 Å². The van der Waals surface area contributed by atoms with Crippen LogP contribution in [0.5, 0.6) is 0 Å². The van der Waals surface area contributed by atoms with Gasteiger partial charge in [-0.05, 0) is 17.7 Å². The second-order valence-electron chi connectivity index (χ2n) is 3.91. The minimum absolute atomic E-state index is 0.0355. The van der Waals surface area contributed by atoms with Crippen molar-refractivity contribution in [2.24, 2.45) is 0 Å². The van der Waals surface area contributed by atoms with Crippen molar-refractivity contribution in [3.63, 3.8) is 0 Å². The van der Waals surface area contributed by atoms with E-state index >= 15 is 0 Å². The van der Waals surface area contributed by atoms with Gasteiger partial charge in [0.15, 0.2) is 0 Å². The summed E-state index contributed by atoms with van der Waals surface area (Å²) in [6, 6.07) is 7.66. The van der Waals surface area contributed by atoms with Crippen LogP contribution in [-0.4, -0.2) is 17.4 Å². The van der Waals surface area contributed by atoms with Crippen molar-refractivity contribution >= 4 is 34.5 Å². The number of hydrogen-bond acceptors (Lipinski definition) is 2. The SMILES string of the molecule is CC(=O)NCC=Cc1ccc2c(Cl)ccnc2c1. The predicted molar refractivity (Wildman–Crippen MR) is 74.5 cm³/mol. The van der Waals surface area contributed by atoms with E-state index in [4.69, 9.17) is 11.6 Å². The second-order valence-corrected chi connectivity index (χ2v) is 4.32. The number of pyridine rings is 1. The largest absolute Gasteiger partial charge is 0.353 e. The molecule has 0 saturated carbocycles. The molecule has 3 nitrogen and oxygen atoms in total. The van der Waals surface area contributed by atoms with E-state index in [1.165, 1.54) is 6.92 Å². The summed E-state index contributed by atoms with van der Waals surface area (Å²) >= 11 is 6.07. The molecule has 92 valence electrons. The Bertz CT molecular complexity index is 608. The monoisotopic (exact) mass is 260 g/mol. The van der Waals surface area contributed by atoms with E-state index in [2.05, 4.69) is 10.3 Å². The van der Waals surface area contributed by atoms with E-state index in [-0.39, 0.29) is 5.91 Å². The highest BCUT2D eigenvalue weighted by atomic mass is 35.5. The summed E-state index contributed by atoms with van der Waals surface area (Å²) in [4.78, 5) is 15.0. The molecule has 1 aromatic heterocycles. The predicted octanol–water partition coefficient (Wildman–Crippen LogP) is 3.04. The summed E-state index contributed by atoms with van der Waals surface area (Å²) in [5.74, 6) is -0.0355. The van der Waals surface area contributed by atoms with Gasteiger partial charge in [0.2, 0.25) is 5.91 Å². The number of carbonyl (C=O) groups excluding carboxylic acids is 1. The molecule has 0 unspecified atom stereocenters. The Morgan fingerprint density at radius 1 is 1.44 bits per heavy atom. The van der Waals surface area contributed by atoms with Crippen LogP contribution in [0.4, 0.5) is 0 Å². The first kappa shape index (κ1) is 12.6. The minimum Gasteiger partial charge on any atom is -0.353 e. The first-order valence-corrected chi connectivity index (χ1v) is 6.00. The third-order valence-electron chi connectivity index (χ3n) is 2.49. The maximum absolute atomic E-state index is 10.7. The van der Waals surface area contributed by atoms with E-state index in [9.17, 15) is 4.79 Å².